The molecule has 0 unspecified atom stereocenters. The first kappa shape index (κ1) is 9.97. The van der Waals surface area contributed by atoms with Gasteiger partial charge in [0.2, 0.25) is 0 Å². The van der Waals surface area contributed by atoms with Crippen molar-refractivity contribution in [2.75, 3.05) is 0 Å². The molecular formula is C8H4Br2OS. The number of rotatable bonds is 2. The first-order chi connectivity index (χ1) is 5.65. The van der Waals surface area contributed by atoms with E-state index in [-0.39, 0.29) is 12.2 Å². The van der Waals surface area contributed by atoms with Crippen LogP contribution in [0.15, 0.2) is 14.3 Å². The molecule has 0 radical (unpaired) electrons. The highest BCUT2D eigenvalue weighted by Crippen LogP contribution is 2.32. The number of halogens is 2. The SMILES string of the molecule is C#CCC(=O)c1cc(Br)c(Br)s1. The molecule has 0 aliphatic carbocycles. The molecule has 0 aliphatic rings. The van der Waals surface area contributed by atoms with Gasteiger partial charge in [-0.25, -0.2) is 0 Å². The van der Waals surface area contributed by atoms with Gasteiger partial charge in [0.05, 0.1) is 15.1 Å². The lowest BCUT2D eigenvalue weighted by Gasteiger charge is -1.86. The van der Waals surface area contributed by atoms with E-state index in [4.69, 9.17) is 6.42 Å². The molecule has 0 amide bonds. The van der Waals surface area contributed by atoms with Gasteiger partial charge >= 0.3 is 0 Å². The van der Waals surface area contributed by atoms with Gasteiger partial charge in [0, 0.05) is 4.47 Å². The highest BCUT2D eigenvalue weighted by atomic mass is 79.9. The molecule has 0 atom stereocenters. The average molecular weight is 308 g/mol. The van der Waals surface area contributed by atoms with Gasteiger partial charge in [0.25, 0.3) is 0 Å². The normalized spacial score (nSPS) is 9.42. The standard InChI is InChI=1S/C8H4Br2OS/c1-2-3-6(11)7-4-5(9)8(10)12-7/h1,4H,3H2. The Balaban J connectivity index is 2.91. The minimum absolute atomic E-state index is 0.00565. The minimum Gasteiger partial charge on any atom is -0.292 e. The topological polar surface area (TPSA) is 17.1 Å². The van der Waals surface area contributed by atoms with Gasteiger partial charge in [0.15, 0.2) is 5.78 Å². The summed E-state index contributed by atoms with van der Waals surface area (Å²) in [7, 11) is 0. The number of Topliss-reactive ketones (excluding diaryl/α,β-unsaturated/α-hetero) is 1. The second-order valence-electron chi connectivity index (χ2n) is 2.04. The molecule has 1 nitrogen and oxygen atoms in total. The van der Waals surface area contributed by atoms with Gasteiger partial charge in [0.1, 0.15) is 0 Å². The van der Waals surface area contributed by atoms with E-state index in [0.29, 0.717) is 4.88 Å². The number of ketones is 1. The maximum absolute atomic E-state index is 11.2. The summed E-state index contributed by atoms with van der Waals surface area (Å²) in [6.07, 6.45) is 5.19. The van der Waals surface area contributed by atoms with E-state index in [1.807, 2.05) is 0 Å². The van der Waals surface area contributed by atoms with Crippen molar-refractivity contribution in [3.8, 4) is 12.3 Å². The number of carbonyl (C=O) groups excluding carboxylic acids is 1. The van der Waals surface area contributed by atoms with E-state index in [2.05, 4.69) is 37.8 Å². The summed E-state index contributed by atoms with van der Waals surface area (Å²) < 4.78 is 1.82. The Labute approximate surface area is 91.4 Å². The number of carbonyl (C=O) groups is 1. The molecule has 0 saturated heterocycles. The van der Waals surface area contributed by atoms with E-state index >= 15 is 0 Å². The van der Waals surface area contributed by atoms with Crippen molar-refractivity contribution in [1.29, 1.82) is 0 Å². The zero-order valence-corrected chi connectivity index (χ0v) is 9.92. The summed E-state index contributed by atoms with van der Waals surface area (Å²) in [5.41, 5.74) is 0. The molecule has 1 rings (SSSR count). The Bertz CT molecular complexity index is 329. The fourth-order valence-electron chi connectivity index (χ4n) is 0.664. The van der Waals surface area contributed by atoms with Crippen molar-refractivity contribution in [1.82, 2.24) is 0 Å². The van der Waals surface area contributed by atoms with Crippen LogP contribution >= 0.6 is 43.2 Å². The maximum Gasteiger partial charge on any atom is 0.184 e. The Morgan fingerprint density at radius 3 is 2.75 bits per heavy atom. The monoisotopic (exact) mass is 306 g/mol. The van der Waals surface area contributed by atoms with Gasteiger partial charge in [-0.15, -0.1) is 17.8 Å². The zero-order valence-electron chi connectivity index (χ0n) is 5.93. The van der Waals surface area contributed by atoms with Crippen LogP contribution in [0.25, 0.3) is 0 Å². The van der Waals surface area contributed by atoms with Gasteiger partial charge in [-0.05, 0) is 37.9 Å². The van der Waals surface area contributed by atoms with Crippen LogP contribution in [-0.4, -0.2) is 5.78 Å². The molecule has 12 heavy (non-hydrogen) atoms. The molecule has 1 aromatic heterocycles. The Kier molecular flexibility index (Phi) is 3.51. The summed E-state index contributed by atoms with van der Waals surface area (Å²) in [5, 5.41) is 0. The van der Waals surface area contributed by atoms with Gasteiger partial charge in [-0.1, -0.05) is 5.92 Å². The van der Waals surface area contributed by atoms with E-state index in [1.165, 1.54) is 11.3 Å². The van der Waals surface area contributed by atoms with Crippen LogP contribution in [0.1, 0.15) is 16.1 Å². The summed E-state index contributed by atoms with van der Waals surface area (Å²) in [5.74, 6) is 2.32. The molecule has 0 fully saturated rings. The second-order valence-corrected chi connectivity index (χ2v) is 5.26. The second kappa shape index (κ2) is 4.22. The van der Waals surface area contributed by atoms with Gasteiger partial charge < -0.3 is 0 Å². The summed E-state index contributed by atoms with van der Waals surface area (Å²) in [6, 6.07) is 1.77. The molecule has 0 spiro atoms. The molecule has 4 heteroatoms. The fourth-order valence-corrected chi connectivity index (χ4v) is 2.64. The lowest BCUT2D eigenvalue weighted by molar-refractivity contribution is 0.100. The van der Waals surface area contributed by atoms with Crippen molar-refractivity contribution in [2.24, 2.45) is 0 Å². The lowest BCUT2D eigenvalue weighted by Crippen LogP contribution is -1.92. The minimum atomic E-state index is -0.00565. The third-order valence-corrected chi connectivity index (χ3v) is 4.48. The lowest BCUT2D eigenvalue weighted by atomic mass is 10.2. The Hall–Kier alpha value is -0.110. The maximum atomic E-state index is 11.2. The quantitative estimate of drug-likeness (QED) is 0.604. The number of terminal acetylenes is 1. The van der Waals surface area contributed by atoms with Crippen LogP contribution in [-0.2, 0) is 0 Å². The molecule has 1 heterocycles. The smallest absolute Gasteiger partial charge is 0.184 e. The van der Waals surface area contributed by atoms with Crippen molar-refractivity contribution in [3.63, 3.8) is 0 Å². The van der Waals surface area contributed by atoms with E-state index in [1.54, 1.807) is 6.07 Å². The number of thiophene rings is 1. The van der Waals surface area contributed by atoms with E-state index in [0.717, 1.165) is 8.26 Å². The summed E-state index contributed by atoms with van der Waals surface area (Å²) in [4.78, 5) is 11.9. The first-order valence-electron chi connectivity index (χ1n) is 3.06. The van der Waals surface area contributed by atoms with Crippen molar-refractivity contribution in [3.05, 3.63) is 19.2 Å². The third kappa shape index (κ3) is 2.19. The van der Waals surface area contributed by atoms with E-state index < -0.39 is 0 Å². The Morgan fingerprint density at radius 1 is 1.67 bits per heavy atom. The van der Waals surface area contributed by atoms with Crippen LogP contribution in [0.4, 0.5) is 0 Å². The zero-order chi connectivity index (χ0) is 9.14. The van der Waals surface area contributed by atoms with Gasteiger partial charge in [-0.3, -0.25) is 4.79 Å². The number of hydrogen-bond donors (Lipinski definition) is 0. The molecule has 62 valence electrons. The number of hydrogen-bond acceptors (Lipinski definition) is 2. The highest BCUT2D eigenvalue weighted by molar-refractivity contribution is 9.13. The van der Waals surface area contributed by atoms with E-state index in [9.17, 15) is 4.79 Å². The third-order valence-electron chi connectivity index (χ3n) is 1.18. The van der Waals surface area contributed by atoms with Gasteiger partial charge in [-0.2, -0.15) is 0 Å². The fraction of sp³-hybridized carbons (Fsp3) is 0.125. The highest BCUT2D eigenvalue weighted by Gasteiger charge is 2.10. The molecular weight excluding hydrogens is 304 g/mol. The molecule has 0 aliphatic heterocycles. The van der Waals surface area contributed by atoms with Crippen molar-refractivity contribution in [2.45, 2.75) is 6.42 Å². The molecule has 0 saturated carbocycles. The molecule has 0 bridgehead atoms. The van der Waals surface area contributed by atoms with Crippen LogP contribution < -0.4 is 0 Å². The summed E-state index contributed by atoms with van der Waals surface area (Å²) >= 11 is 7.99. The van der Waals surface area contributed by atoms with Crippen molar-refractivity contribution < 1.29 is 4.79 Å². The largest absolute Gasteiger partial charge is 0.292 e. The average Bonchev–Trinajstić information content (AvgIpc) is 2.33. The first-order valence-corrected chi connectivity index (χ1v) is 5.47. The van der Waals surface area contributed by atoms with Crippen molar-refractivity contribution >= 4 is 49.0 Å². The van der Waals surface area contributed by atoms with Crippen LogP contribution in [0.2, 0.25) is 0 Å². The van der Waals surface area contributed by atoms with Crippen LogP contribution in [0, 0.1) is 12.3 Å². The molecule has 0 N–H and O–H groups in total. The Morgan fingerprint density at radius 2 is 2.33 bits per heavy atom. The molecule has 0 aromatic carbocycles. The van der Waals surface area contributed by atoms with Crippen LogP contribution in [0.5, 0.6) is 0 Å². The predicted molar refractivity (Wildman–Crippen MR) is 57.5 cm³/mol. The predicted octanol–water partition coefficient (Wildman–Crippen LogP) is 3.48. The molecule has 1 aromatic rings. The van der Waals surface area contributed by atoms with Crippen LogP contribution in [0.3, 0.4) is 0 Å². The summed E-state index contributed by atoms with van der Waals surface area (Å²) in [6.45, 7) is 0.